The van der Waals surface area contributed by atoms with Crippen LogP contribution < -0.4 is 0 Å². The Balaban J connectivity index is 2.60. The Kier molecular flexibility index (Phi) is 1.94. The lowest BCUT2D eigenvalue weighted by atomic mass is 9.90. The number of aliphatic hydroxyl groups is 2. The molecule has 0 bridgehead atoms. The number of fused-ring (bicyclic) bond motifs is 1. The molecule has 2 rings (SSSR count). The summed E-state index contributed by atoms with van der Waals surface area (Å²) in [6.07, 6.45) is 1.92. The highest BCUT2D eigenvalue weighted by Gasteiger charge is 2.23. The highest BCUT2D eigenvalue weighted by atomic mass is 16.3. The van der Waals surface area contributed by atoms with Gasteiger partial charge in [-0.3, -0.25) is 0 Å². The number of benzene rings is 1. The standard InChI is InChI=1S/C11H12O2/c1-7-3-2-4-8-5-6-9(12)11(13)10(7)8/h2-6,9,11-13H,1H3. The van der Waals surface area contributed by atoms with E-state index >= 15 is 0 Å². The Labute approximate surface area is 77.1 Å². The maximum atomic E-state index is 9.71. The zero-order valence-electron chi connectivity index (χ0n) is 7.44. The molecule has 0 amide bonds. The minimum absolute atomic E-state index is 0.770. The Morgan fingerprint density at radius 3 is 2.77 bits per heavy atom. The van der Waals surface area contributed by atoms with E-state index < -0.39 is 12.2 Å². The second kappa shape index (κ2) is 2.98. The maximum Gasteiger partial charge on any atom is 0.109 e. The molecule has 0 radical (unpaired) electrons. The summed E-state index contributed by atoms with van der Waals surface area (Å²) in [6.45, 7) is 1.94. The van der Waals surface area contributed by atoms with E-state index in [1.807, 2.05) is 31.2 Å². The first-order chi connectivity index (χ1) is 6.20. The lowest BCUT2D eigenvalue weighted by Crippen LogP contribution is -2.20. The molecular weight excluding hydrogens is 164 g/mol. The molecule has 1 aromatic rings. The van der Waals surface area contributed by atoms with E-state index in [2.05, 4.69) is 0 Å². The fourth-order valence-electron chi connectivity index (χ4n) is 1.73. The van der Waals surface area contributed by atoms with E-state index in [1.54, 1.807) is 6.08 Å². The van der Waals surface area contributed by atoms with Crippen LogP contribution in [0.5, 0.6) is 0 Å². The molecule has 2 nitrogen and oxygen atoms in total. The van der Waals surface area contributed by atoms with Crippen LogP contribution in [-0.2, 0) is 0 Å². The van der Waals surface area contributed by atoms with E-state index in [4.69, 9.17) is 0 Å². The van der Waals surface area contributed by atoms with E-state index in [1.165, 1.54) is 0 Å². The van der Waals surface area contributed by atoms with Gasteiger partial charge in [0.05, 0.1) is 0 Å². The summed E-state index contributed by atoms with van der Waals surface area (Å²) in [5.41, 5.74) is 2.86. The van der Waals surface area contributed by atoms with Crippen molar-refractivity contribution in [2.24, 2.45) is 0 Å². The van der Waals surface area contributed by atoms with Crippen LogP contribution >= 0.6 is 0 Å². The molecule has 0 saturated carbocycles. The van der Waals surface area contributed by atoms with Crippen molar-refractivity contribution >= 4 is 6.08 Å². The minimum atomic E-state index is -0.777. The molecule has 2 heteroatoms. The number of rotatable bonds is 0. The summed E-state index contributed by atoms with van der Waals surface area (Å²) in [4.78, 5) is 0. The van der Waals surface area contributed by atoms with Gasteiger partial charge in [-0.2, -0.15) is 0 Å². The van der Waals surface area contributed by atoms with Crippen LogP contribution in [0.2, 0.25) is 0 Å². The van der Waals surface area contributed by atoms with Gasteiger partial charge in [0.2, 0.25) is 0 Å². The van der Waals surface area contributed by atoms with Gasteiger partial charge in [-0.1, -0.05) is 30.4 Å². The van der Waals surface area contributed by atoms with Gasteiger partial charge in [-0.05, 0) is 23.6 Å². The van der Waals surface area contributed by atoms with Crippen molar-refractivity contribution in [1.29, 1.82) is 0 Å². The van der Waals surface area contributed by atoms with Crippen LogP contribution in [0.4, 0.5) is 0 Å². The summed E-state index contributed by atoms with van der Waals surface area (Å²) >= 11 is 0. The topological polar surface area (TPSA) is 40.5 Å². The molecule has 1 aliphatic rings. The first-order valence-electron chi connectivity index (χ1n) is 4.34. The quantitative estimate of drug-likeness (QED) is 0.627. The minimum Gasteiger partial charge on any atom is -0.386 e. The molecule has 0 saturated heterocycles. The van der Waals surface area contributed by atoms with Crippen LogP contribution in [0.1, 0.15) is 22.8 Å². The first kappa shape index (κ1) is 8.48. The Morgan fingerprint density at radius 2 is 2.00 bits per heavy atom. The second-order valence-electron chi connectivity index (χ2n) is 3.37. The molecule has 0 fully saturated rings. The zero-order valence-corrected chi connectivity index (χ0v) is 7.44. The van der Waals surface area contributed by atoms with Gasteiger partial charge in [0, 0.05) is 0 Å². The van der Waals surface area contributed by atoms with Gasteiger partial charge >= 0.3 is 0 Å². The smallest absolute Gasteiger partial charge is 0.109 e. The third-order valence-electron chi connectivity index (χ3n) is 2.45. The predicted octanol–water partition coefficient (Wildman–Crippen LogP) is 1.42. The van der Waals surface area contributed by atoms with Gasteiger partial charge < -0.3 is 10.2 Å². The molecule has 2 unspecified atom stereocenters. The lowest BCUT2D eigenvalue weighted by Gasteiger charge is -2.23. The monoisotopic (exact) mass is 176 g/mol. The molecule has 1 aromatic carbocycles. The highest BCUT2D eigenvalue weighted by Crippen LogP contribution is 2.30. The van der Waals surface area contributed by atoms with Crippen LogP contribution in [0.15, 0.2) is 24.3 Å². The maximum absolute atomic E-state index is 9.71. The molecular formula is C11H12O2. The van der Waals surface area contributed by atoms with Crippen molar-refractivity contribution in [3.05, 3.63) is 41.0 Å². The molecule has 13 heavy (non-hydrogen) atoms. The summed E-state index contributed by atoms with van der Waals surface area (Å²) in [5, 5.41) is 19.1. The zero-order chi connectivity index (χ0) is 9.42. The molecule has 0 heterocycles. The molecule has 0 spiro atoms. The van der Waals surface area contributed by atoms with Crippen molar-refractivity contribution in [1.82, 2.24) is 0 Å². The number of hydrogen-bond acceptors (Lipinski definition) is 2. The third-order valence-corrected chi connectivity index (χ3v) is 2.45. The Bertz CT molecular complexity index is 355. The van der Waals surface area contributed by atoms with Crippen LogP contribution in [-0.4, -0.2) is 16.3 Å². The Hall–Kier alpha value is -1.12. The average molecular weight is 176 g/mol. The Morgan fingerprint density at radius 1 is 1.23 bits per heavy atom. The van der Waals surface area contributed by atoms with Crippen LogP contribution in [0.3, 0.4) is 0 Å². The molecule has 68 valence electrons. The van der Waals surface area contributed by atoms with Gasteiger partial charge in [0.1, 0.15) is 12.2 Å². The van der Waals surface area contributed by atoms with Crippen molar-refractivity contribution in [3.63, 3.8) is 0 Å². The number of aryl methyl sites for hydroxylation is 1. The van der Waals surface area contributed by atoms with Gasteiger partial charge in [-0.25, -0.2) is 0 Å². The first-order valence-corrected chi connectivity index (χ1v) is 4.34. The lowest BCUT2D eigenvalue weighted by molar-refractivity contribution is 0.0466. The van der Waals surface area contributed by atoms with Crippen molar-refractivity contribution in [2.75, 3.05) is 0 Å². The fourth-order valence-corrected chi connectivity index (χ4v) is 1.73. The third kappa shape index (κ3) is 1.28. The van der Waals surface area contributed by atoms with E-state index in [-0.39, 0.29) is 0 Å². The van der Waals surface area contributed by atoms with Gasteiger partial charge in [0.15, 0.2) is 0 Å². The van der Waals surface area contributed by atoms with Crippen molar-refractivity contribution in [3.8, 4) is 0 Å². The summed E-state index contributed by atoms with van der Waals surface area (Å²) < 4.78 is 0. The average Bonchev–Trinajstić information content (AvgIpc) is 2.12. The highest BCUT2D eigenvalue weighted by molar-refractivity contribution is 5.60. The van der Waals surface area contributed by atoms with E-state index in [0.717, 1.165) is 16.7 Å². The van der Waals surface area contributed by atoms with Crippen molar-refractivity contribution < 1.29 is 10.2 Å². The number of aliphatic hydroxyl groups excluding tert-OH is 2. The normalized spacial score (nSPS) is 25.8. The predicted molar refractivity (Wildman–Crippen MR) is 51.2 cm³/mol. The number of hydrogen-bond donors (Lipinski definition) is 2. The molecule has 0 aliphatic heterocycles. The SMILES string of the molecule is Cc1cccc2c1C(O)C(O)C=C2. The molecule has 1 aliphatic carbocycles. The second-order valence-corrected chi connectivity index (χ2v) is 3.37. The summed E-state index contributed by atoms with van der Waals surface area (Å²) in [5.74, 6) is 0. The van der Waals surface area contributed by atoms with E-state index in [0.29, 0.717) is 0 Å². The largest absolute Gasteiger partial charge is 0.386 e. The van der Waals surface area contributed by atoms with Crippen molar-refractivity contribution in [2.45, 2.75) is 19.1 Å². The fraction of sp³-hybridized carbons (Fsp3) is 0.273. The van der Waals surface area contributed by atoms with Crippen LogP contribution in [0, 0.1) is 6.92 Å². The summed E-state index contributed by atoms with van der Waals surface area (Å²) in [6, 6.07) is 5.82. The summed E-state index contributed by atoms with van der Waals surface area (Å²) in [7, 11) is 0. The molecule has 2 N–H and O–H groups in total. The van der Waals surface area contributed by atoms with Gasteiger partial charge in [-0.15, -0.1) is 0 Å². The van der Waals surface area contributed by atoms with E-state index in [9.17, 15) is 10.2 Å². The molecule has 0 aromatic heterocycles. The molecule has 2 atom stereocenters. The van der Waals surface area contributed by atoms with Crippen LogP contribution in [0.25, 0.3) is 6.08 Å². The van der Waals surface area contributed by atoms with Gasteiger partial charge in [0.25, 0.3) is 0 Å².